The maximum Gasteiger partial charge on any atom is 0.272 e. The van der Waals surface area contributed by atoms with Gasteiger partial charge in [-0.25, -0.2) is 4.98 Å². The molecular formula is C22H23N3O2. The van der Waals surface area contributed by atoms with Gasteiger partial charge in [0.05, 0.1) is 25.2 Å². The second-order valence-corrected chi connectivity index (χ2v) is 7.00. The van der Waals surface area contributed by atoms with Gasteiger partial charge in [-0.05, 0) is 36.1 Å². The van der Waals surface area contributed by atoms with E-state index in [1.807, 2.05) is 28.8 Å². The van der Waals surface area contributed by atoms with Crippen molar-refractivity contribution in [3.05, 3.63) is 88.5 Å². The zero-order valence-electron chi connectivity index (χ0n) is 15.6. The summed E-state index contributed by atoms with van der Waals surface area (Å²) in [5, 5.41) is 2.97. The molecule has 0 aliphatic carbocycles. The van der Waals surface area contributed by atoms with Crippen molar-refractivity contribution in [3.8, 4) is 0 Å². The standard InChI is InChI=1S/C22H23N3O2/c1-15-8-9-17(10-16(15)2)11-23-22(26)21-19-13-27-20(12-25(19)14-24-21)18-6-4-3-5-7-18/h3-10,14,20H,11-13H2,1-2H3,(H,23,26)/t20-/m0/s1. The minimum atomic E-state index is -0.163. The molecule has 0 spiro atoms. The fraction of sp³-hybridized carbons (Fsp3) is 0.273. The van der Waals surface area contributed by atoms with E-state index in [0.29, 0.717) is 25.4 Å². The van der Waals surface area contributed by atoms with E-state index in [1.165, 1.54) is 11.1 Å². The molecule has 1 aliphatic heterocycles. The summed E-state index contributed by atoms with van der Waals surface area (Å²) in [5.41, 5.74) is 5.97. The van der Waals surface area contributed by atoms with Crippen molar-refractivity contribution in [1.82, 2.24) is 14.9 Å². The average molecular weight is 361 g/mol. The van der Waals surface area contributed by atoms with E-state index in [1.54, 1.807) is 6.33 Å². The Hall–Kier alpha value is -2.92. The summed E-state index contributed by atoms with van der Waals surface area (Å²) >= 11 is 0. The monoisotopic (exact) mass is 361 g/mol. The van der Waals surface area contributed by atoms with Crippen molar-refractivity contribution in [3.63, 3.8) is 0 Å². The van der Waals surface area contributed by atoms with Crippen molar-refractivity contribution >= 4 is 5.91 Å². The SMILES string of the molecule is Cc1ccc(CNC(=O)c2ncn3c2CO[C@H](c2ccccc2)C3)cc1C. The third kappa shape index (κ3) is 3.64. The van der Waals surface area contributed by atoms with Crippen molar-refractivity contribution < 1.29 is 9.53 Å². The maximum absolute atomic E-state index is 12.6. The van der Waals surface area contributed by atoms with E-state index in [4.69, 9.17) is 4.74 Å². The molecule has 2 aromatic carbocycles. The molecule has 0 saturated heterocycles. The second kappa shape index (κ2) is 7.37. The van der Waals surface area contributed by atoms with Crippen molar-refractivity contribution in [2.45, 2.75) is 39.6 Å². The topological polar surface area (TPSA) is 56.2 Å². The van der Waals surface area contributed by atoms with Gasteiger partial charge in [0.15, 0.2) is 5.69 Å². The molecule has 1 aliphatic rings. The highest BCUT2D eigenvalue weighted by Gasteiger charge is 2.26. The molecule has 5 nitrogen and oxygen atoms in total. The number of benzene rings is 2. The largest absolute Gasteiger partial charge is 0.365 e. The molecule has 138 valence electrons. The lowest BCUT2D eigenvalue weighted by Gasteiger charge is -2.25. The van der Waals surface area contributed by atoms with Crippen molar-refractivity contribution in [2.75, 3.05) is 0 Å². The number of imidazole rings is 1. The van der Waals surface area contributed by atoms with Crippen molar-refractivity contribution in [2.24, 2.45) is 0 Å². The molecular weight excluding hydrogens is 338 g/mol. The number of carbonyl (C=O) groups is 1. The van der Waals surface area contributed by atoms with Crippen LogP contribution in [0.2, 0.25) is 0 Å². The number of fused-ring (bicyclic) bond motifs is 1. The van der Waals surface area contributed by atoms with Crippen LogP contribution in [0.4, 0.5) is 0 Å². The maximum atomic E-state index is 12.6. The number of aryl methyl sites for hydroxylation is 2. The summed E-state index contributed by atoms with van der Waals surface area (Å²) < 4.78 is 8.01. The van der Waals surface area contributed by atoms with Crippen molar-refractivity contribution in [1.29, 1.82) is 0 Å². The van der Waals surface area contributed by atoms with Crippen LogP contribution in [-0.4, -0.2) is 15.5 Å². The third-order valence-electron chi connectivity index (χ3n) is 5.14. The van der Waals surface area contributed by atoms with Gasteiger partial charge < -0.3 is 14.6 Å². The number of amides is 1. The first-order chi connectivity index (χ1) is 13.1. The molecule has 1 amide bonds. The summed E-state index contributed by atoms with van der Waals surface area (Å²) in [7, 11) is 0. The van der Waals surface area contributed by atoms with Crippen LogP contribution < -0.4 is 5.32 Å². The van der Waals surface area contributed by atoms with Gasteiger partial charge in [0.1, 0.15) is 6.10 Å². The van der Waals surface area contributed by atoms with Crippen LogP contribution in [-0.2, 0) is 24.4 Å². The van der Waals surface area contributed by atoms with Crippen LogP contribution in [0.25, 0.3) is 0 Å². The second-order valence-electron chi connectivity index (χ2n) is 7.00. The highest BCUT2D eigenvalue weighted by Crippen LogP contribution is 2.27. The fourth-order valence-corrected chi connectivity index (χ4v) is 3.37. The van der Waals surface area contributed by atoms with Crippen LogP contribution in [0.3, 0.4) is 0 Å². The Labute approximate surface area is 159 Å². The number of rotatable bonds is 4. The molecule has 1 N–H and O–H groups in total. The first kappa shape index (κ1) is 17.5. The molecule has 0 radical (unpaired) electrons. The van der Waals surface area contributed by atoms with Gasteiger partial charge in [-0.3, -0.25) is 4.79 Å². The molecule has 1 aromatic heterocycles. The molecule has 5 heteroatoms. The zero-order valence-corrected chi connectivity index (χ0v) is 15.6. The Balaban J connectivity index is 1.44. The van der Waals surface area contributed by atoms with Crippen LogP contribution >= 0.6 is 0 Å². The average Bonchev–Trinajstić information content (AvgIpc) is 3.12. The van der Waals surface area contributed by atoms with E-state index in [9.17, 15) is 4.79 Å². The first-order valence-corrected chi connectivity index (χ1v) is 9.16. The highest BCUT2D eigenvalue weighted by atomic mass is 16.5. The molecule has 4 rings (SSSR count). The lowest BCUT2D eigenvalue weighted by molar-refractivity contribution is 0.00257. The molecule has 0 bridgehead atoms. The van der Waals surface area contributed by atoms with E-state index in [2.05, 4.69) is 48.4 Å². The van der Waals surface area contributed by atoms with Gasteiger partial charge in [-0.1, -0.05) is 48.5 Å². The van der Waals surface area contributed by atoms with Gasteiger partial charge in [-0.15, -0.1) is 0 Å². The summed E-state index contributed by atoms with van der Waals surface area (Å²) in [6.07, 6.45) is 1.72. The van der Waals surface area contributed by atoms with Crippen LogP contribution in [0.1, 0.15) is 44.5 Å². The third-order valence-corrected chi connectivity index (χ3v) is 5.14. The summed E-state index contributed by atoms with van der Waals surface area (Å²) in [5.74, 6) is -0.163. The molecule has 0 unspecified atom stereocenters. The highest BCUT2D eigenvalue weighted by molar-refractivity contribution is 5.93. The zero-order chi connectivity index (χ0) is 18.8. The Bertz CT molecular complexity index is 963. The first-order valence-electron chi connectivity index (χ1n) is 9.16. The lowest BCUT2D eigenvalue weighted by atomic mass is 10.1. The fourth-order valence-electron chi connectivity index (χ4n) is 3.37. The molecule has 1 atom stereocenters. The molecule has 0 fully saturated rings. The molecule has 2 heterocycles. The quantitative estimate of drug-likeness (QED) is 0.771. The molecule has 27 heavy (non-hydrogen) atoms. The Kier molecular flexibility index (Phi) is 4.77. The van der Waals surface area contributed by atoms with Gasteiger partial charge in [0.25, 0.3) is 5.91 Å². The van der Waals surface area contributed by atoms with E-state index in [0.717, 1.165) is 16.8 Å². The van der Waals surface area contributed by atoms with Gasteiger partial charge in [0.2, 0.25) is 0 Å². The molecule has 3 aromatic rings. The number of hydrogen-bond donors (Lipinski definition) is 1. The molecule has 0 saturated carbocycles. The van der Waals surface area contributed by atoms with Gasteiger partial charge >= 0.3 is 0 Å². The summed E-state index contributed by atoms with van der Waals surface area (Å²) in [6, 6.07) is 16.3. The Morgan fingerprint density at radius 1 is 1.19 bits per heavy atom. The number of nitrogens with one attached hydrogen (secondary N) is 1. The minimum Gasteiger partial charge on any atom is -0.365 e. The van der Waals surface area contributed by atoms with E-state index < -0.39 is 0 Å². The predicted molar refractivity (Wildman–Crippen MR) is 103 cm³/mol. The van der Waals surface area contributed by atoms with E-state index >= 15 is 0 Å². The number of nitrogens with zero attached hydrogens (tertiary/aromatic N) is 2. The lowest BCUT2D eigenvalue weighted by Crippen LogP contribution is -2.27. The van der Waals surface area contributed by atoms with Gasteiger partial charge in [0, 0.05) is 6.54 Å². The van der Waals surface area contributed by atoms with Gasteiger partial charge in [-0.2, -0.15) is 0 Å². The minimum absolute atomic E-state index is 0.0145. The Morgan fingerprint density at radius 3 is 2.78 bits per heavy atom. The number of hydrogen-bond acceptors (Lipinski definition) is 3. The number of ether oxygens (including phenoxy) is 1. The summed E-state index contributed by atoms with van der Waals surface area (Å²) in [4.78, 5) is 17.0. The normalized spacial score (nSPS) is 16.0. The van der Waals surface area contributed by atoms with E-state index in [-0.39, 0.29) is 12.0 Å². The van der Waals surface area contributed by atoms with Crippen LogP contribution in [0.15, 0.2) is 54.9 Å². The smallest absolute Gasteiger partial charge is 0.272 e. The number of carbonyl (C=O) groups excluding carboxylic acids is 1. The predicted octanol–water partition coefficient (Wildman–Crippen LogP) is 3.70. The summed E-state index contributed by atoms with van der Waals surface area (Å²) in [6.45, 7) is 5.69. The van der Waals surface area contributed by atoms with Crippen LogP contribution in [0, 0.1) is 13.8 Å². The number of aromatic nitrogens is 2. The Morgan fingerprint density at radius 2 is 2.00 bits per heavy atom. The van der Waals surface area contributed by atoms with Crippen LogP contribution in [0.5, 0.6) is 0 Å².